The summed E-state index contributed by atoms with van der Waals surface area (Å²) in [5.41, 5.74) is 0.342. The van der Waals surface area contributed by atoms with Crippen molar-refractivity contribution in [3.8, 4) is 11.4 Å². The van der Waals surface area contributed by atoms with Crippen LogP contribution in [0.4, 0.5) is 19.0 Å². The van der Waals surface area contributed by atoms with Crippen LogP contribution in [0.15, 0.2) is 59.0 Å². The molecule has 0 atom stereocenters. The number of nitrogens with zero attached hydrogens (tertiary/aromatic N) is 4. The summed E-state index contributed by atoms with van der Waals surface area (Å²) in [5.74, 6) is 0.987. The summed E-state index contributed by atoms with van der Waals surface area (Å²) in [4.78, 5) is 17.0. The number of alkyl halides is 3. The highest BCUT2D eigenvalue weighted by Gasteiger charge is 2.34. The number of aromatic nitrogens is 3. The number of fused-ring (bicyclic) bond motifs is 1. The minimum Gasteiger partial charge on any atom is -0.333 e. The van der Waals surface area contributed by atoms with Gasteiger partial charge in [-0.3, -0.25) is 4.99 Å². The van der Waals surface area contributed by atoms with Gasteiger partial charge in [-0.1, -0.05) is 18.2 Å². The van der Waals surface area contributed by atoms with Crippen molar-refractivity contribution in [2.24, 2.45) is 4.99 Å². The fraction of sp³-hybridized carbons (Fsp3) is 0.158. The molecule has 0 unspecified atom stereocenters. The first-order chi connectivity index (χ1) is 13.4. The van der Waals surface area contributed by atoms with E-state index in [1.54, 1.807) is 18.5 Å². The van der Waals surface area contributed by atoms with Gasteiger partial charge in [-0.15, -0.1) is 0 Å². The van der Waals surface area contributed by atoms with Gasteiger partial charge >= 0.3 is 6.18 Å². The summed E-state index contributed by atoms with van der Waals surface area (Å²) in [5, 5.41) is 6.74. The number of pyridine rings is 1. The summed E-state index contributed by atoms with van der Waals surface area (Å²) < 4.78 is 40.4. The van der Waals surface area contributed by atoms with Gasteiger partial charge in [0.1, 0.15) is 11.6 Å². The SMILES string of the molecule is CC1=C(Nc2nc(-c3ccccc3C(F)(F)F)nc3ncccc23)NC=NC1. The van der Waals surface area contributed by atoms with Crippen molar-refractivity contribution in [3.63, 3.8) is 0 Å². The number of hydrogen-bond donors (Lipinski definition) is 2. The Labute approximate surface area is 158 Å². The van der Waals surface area contributed by atoms with E-state index < -0.39 is 11.7 Å². The van der Waals surface area contributed by atoms with E-state index in [4.69, 9.17) is 0 Å². The molecule has 2 N–H and O–H groups in total. The lowest BCUT2D eigenvalue weighted by molar-refractivity contribution is -0.137. The molecule has 0 saturated heterocycles. The van der Waals surface area contributed by atoms with Crippen molar-refractivity contribution in [1.29, 1.82) is 0 Å². The molecule has 1 aromatic carbocycles. The summed E-state index contributed by atoms with van der Waals surface area (Å²) in [6.07, 6.45) is -1.43. The van der Waals surface area contributed by atoms with Crippen LogP contribution < -0.4 is 10.6 Å². The smallest absolute Gasteiger partial charge is 0.333 e. The zero-order valence-corrected chi connectivity index (χ0v) is 14.7. The molecule has 6 nitrogen and oxygen atoms in total. The lowest BCUT2D eigenvalue weighted by atomic mass is 10.1. The van der Waals surface area contributed by atoms with Crippen LogP contribution >= 0.6 is 0 Å². The maximum Gasteiger partial charge on any atom is 0.417 e. The highest BCUT2D eigenvalue weighted by atomic mass is 19.4. The number of benzene rings is 1. The van der Waals surface area contributed by atoms with E-state index in [9.17, 15) is 13.2 Å². The van der Waals surface area contributed by atoms with Crippen molar-refractivity contribution >= 4 is 23.2 Å². The minimum atomic E-state index is -4.52. The van der Waals surface area contributed by atoms with Gasteiger partial charge in [0.25, 0.3) is 0 Å². The van der Waals surface area contributed by atoms with Gasteiger partial charge in [0.05, 0.1) is 23.8 Å². The van der Waals surface area contributed by atoms with Crippen LogP contribution in [0.25, 0.3) is 22.4 Å². The second-order valence-electron chi connectivity index (χ2n) is 6.21. The summed E-state index contributed by atoms with van der Waals surface area (Å²) in [6, 6.07) is 8.71. The molecule has 0 saturated carbocycles. The number of rotatable bonds is 3. The van der Waals surface area contributed by atoms with E-state index in [0.717, 1.165) is 11.6 Å². The van der Waals surface area contributed by atoms with Gasteiger partial charge in [-0.05, 0) is 30.7 Å². The molecule has 9 heteroatoms. The molecule has 28 heavy (non-hydrogen) atoms. The number of anilines is 1. The number of halogens is 3. The molecular formula is C19H15F3N6. The maximum absolute atomic E-state index is 13.5. The first-order valence-electron chi connectivity index (χ1n) is 8.44. The quantitative estimate of drug-likeness (QED) is 0.714. The zero-order valence-electron chi connectivity index (χ0n) is 14.7. The van der Waals surface area contributed by atoms with Crippen LogP contribution in [-0.2, 0) is 6.18 Å². The molecule has 3 aromatic rings. The Kier molecular flexibility index (Phi) is 4.42. The van der Waals surface area contributed by atoms with Crippen LogP contribution in [0.1, 0.15) is 12.5 Å². The third-order valence-electron chi connectivity index (χ3n) is 4.24. The fourth-order valence-corrected chi connectivity index (χ4v) is 2.86. The van der Waals surface area contributed by atoms with E-state index in [0.29, 0.717) is 29.2 Å². The topological polar surface area (TPSA) is 75.1 Å². The normalized spacial score (nSPS) is 14.3. The van der Waals surface area contributed by atoms with Crippen LogP contribution in [0, 0.1) is 0 Å². The summed E-state index contributed by atoms with van der Waals surface area (Å²) in [6.45, 7) is 2.41. The molecule has 0 spiro atoms. The molecule has 0 amide bonds. The van der Waals surface area contributed by atoms with Crippen molar-refractivity contribution in [2.75, 3.05) is 11.9 Å². The molecule has 0 radical (unpaired) electrons. The molecule has 2 aromatic heterocycles. The molecule has 4 rings (SSSR count). The van der Waals surface area contributed by atoms with Gasteiger partial charge < -0.3 is 10.6 Å². The minimum absolute atomic E-state index is 0.0515. The van der Waals surface area contributed by atoms with E-state index in [1.165, 1.54) is 24.4 Å². The monoisotopic (exact) mass is 384 g/mol. The first kappa shape index (κ1) is 17.9. The van der Waals surface area contributed by atoms with Crippen LogP contribution in [-0.4, -0.2) is 27.8 Å². The van der Waals surface area contributed by atoms with Gasteiger partial charge in [-0.25, -0.2) is 15.0 Å². The number of hydrogen-bond acceptors (Lipinski definition) is 6. The summed E-state index contributed by atoms with van der Waals surface area (Å²) >= 11 is 0. The van der Waals surface area contributed by atoms with E-state index in [-0.39, 0.29) is 11.4 Å². The Morgan fingerprint density at radius 2 is 1.89 bits per heavy atom. The van der Waals surface area contributed by atoms with Crippen LogP contribution in [0.3, 0.4) is 0 Å². The van der Waals surface area contributed by atoms with Crippen molar-refractivity contribution in [2.45, 2.75) is 13.1 Å². The molecular weight excluding hydrogens is 369 g/mol. The van der Waals surface area contributed by atoms with E-state index in [1.807, 2.05) is 6.92 Å². The van der Waals surface area contributed by atoms with Gasteiger partial charge in [-0.2, -0.15) is 13.2 Å². The maximum atomic E-state index is 13.5. The highest BCUT2D eigenvalue weighted by molar-refractivity contribution is 5.89. The Morgan fingerprint density at radius 1 is 1.07 bits per heavy atom. The Morgan fingerprint density at radius 3 is 2.68 bits per heavy atom. The first-order valence-corrected chi connectivity index (χ1v) is 8.44. The van der Waals surface area contributed by atoms with Crippen molar-refractivity contribution in [1.82, 2.24) is 20.3 Å². The Bertz CT molecular complexity index is 1100. The number of nitrogens with one attached hydrogen (secondary N) is 2. The van der Waals surface area contributed by atoms with Gasteiger partial charge in [0, 0.05) is 11.8 Å². The molecule has 1 aliphatic heterocycles. The second-order valence-corrected chi connectivity index (χ2v) is 6.21. The van der Waals surface area contributed by atoms with Gasteiger partial charge in [0.15, 0.2) is 11.5 Å². The fourth-order valence-electron chi connectivity index (χ4n) is 2.86. The molecule has 0 aliphatic carbocycles. The molecule has 3 heterocycles. The highest BCUT2D eigenvalue weighted by Crippen LogP contribution is 2.36. The third-order valence-corrected chi connectivity index (χ3v) is 4.24. The largest absolute Gasteiger partial charge is 0.417 e. The molecule has 0 fully saturated rings. The zero-order chi connectivity index (χ0) is 19.7. The van der Waals surface area contributed by atoms with E-state index in [2.05, 4.69) is 30.6 Å². The van der Waals surface area contributed by atoms with E-state index >= 15 is 0 Å². The summed E-state index contributed by atoms with van der Waals surface area (Å²) in [7, 11) is 0. The Balaban J connectivity index is 1.88. The number of aliphatic imine (C=N–C) groups is 1. The molecule has 1 aliphatic rings. The Hall–Kier alpha value is -3.49. The van der Waals surface area contributed by atoms with Crippen molar-refractivity contribution in [3.05, 3.63) is 59.6 Å². The second kappa shape index (κ2) is 6.91. The van der Waals surface area contributed by atoms with Crippen molar-refractivity contribution < 1.29 is 13.2 Å². The van der Waals surface area contributed by atoms with Crippen LogP contribution in [0.2, 0.25) is 0 Å². The predicted molar refractivity (Wildman–Crippen MR) is 101 cm³/mol. The average Bonchev–Trinajstić information content (AvgIpc) is 2.69. The molecule has 0 bridgehead atoms. The van der Waals surface area contributed by atoms with Gasteiger partial charge in [0.2, 0.25) is 0 Å². The lowest BCUT2D eigenvalue weighted by Gasteiger charge is -2.18. The van der Waals surface area contributed by atoms with Crippen LogP contribution in [0.5, 0.6) is 0 Å². The standard InChI is InChI=1S/C19H15F3N6/c1-11-9-23-10-25-15(11)26-18-13-6-4-8-24-16(13)27-17(28-18)12-5-2-3-7-14(12)19(20,21)22/h2-8,10H,9H2,1H3,(H,23,25)(H,24,26,27,28). The third kappa shape index (κ3) is 3.38. The average molecular weight is 384 g/mol. The molecule has 142 valence electrons. The predicted octanol–water partition coefficient (Wildman–Crippen LogP) is 3.99. The lowest BCUT2D eigenvalue weighted by Crippen LogP contribution is -2.24.